The molecule has 0 spiro atoms. The molecule has 3 unspecified atom stereocenters. The molecule has 3 atom stereocenters. The van der Waals surface area contributed by atoms with Gasteiger partial charge in [0.05, 0.1) is 19.3 Å². The van der Waals surface area contributed by atoms with Crippen LogP contribution in [0.25, 0.3) is 0 Å². The molecule has 1 aromatic carbocycles. The summed E-state index contributed by atoms with van der Waals surface area (Å²) in [7, 11) is 1.69. The Balaban J connectivity index is 2.01. The van der Waals surface area contributed by atoms with Crippen LogP contribution in [-0.4, -0.2) is 18.5 Å². The number of halogens is 1. The van der Waals surface area contributed by atoms with E-state index < -0.39 is 0 Å². The average Bonchev–Trinajstić information content (AvgIpc) is 2.47. The highest BCUT2D eigenvalue weighted by atomic mass is 79.9. The minimum atomic E-state index is 0.136. The van der Waals surface area contributed by atoms with E-state index in [0.717, 1.165) is 11.1 Å². The molecule has 0 saturated heterocycles. The first-order valence-electron chi connectivity index (χ1n) is 7.10. The Morgan fingerprint density at radius 2 is 1.89 bits per heavy atom. The van der Waals surface area contributed by atoms with Crippen LogP contribution in [0, 0.1) is 5.92 Å². The van der Waals surface area contributed by atoms with Crippen molar-refractivity contribution in [1.82, 2.24) is 0 Å². The third-order valence-corrected chi connectivity index (χ3v) is 4.59. The molecule has 1 aliphatic carbocycles. The van der Waals surface area contributed by atoms with Crippen molar-refractivity contribution >= 4 is 15.9 Å². The SMILES string of the molecule is COc1ccc(C(CBr)OC2CCCCC2C)cc1. The second-order valence-electron chi connectivity index (χ2n) is 5.35. The van der Waals surface area contributed by atoms with Crippen molar-refractivity contribution in [3.8, 4) is 5.75 Å². The largest absolute Gasteiger partial charge is 0.497 e. The Bertz CT molecular complexity index is 377. The summed E-state index contributed by atoms with van der Waals surface area (Å²) in [4.78, 5) is 0. The van der Waals surface area contributed by atoms with Crippen LogP contribution < -0.4 is 4.74 Å². The number of methoxy groups -OCH3 is 1. The fourth-order valence-corrected chi connectivity index (χ4v) is 3.24. The molecule has 1 aliphatic rings. The molecule has 1 fully saturated rings. The smallest absolute Gasteiger partial charge is 0.118 e. The molecule has 0 heterocycles. The first kappa shape index (κ1) is 14.9. The number of benzene rings is 1. The summed E-state index contributed by atoms with van der Waals surface area (Å²) in [6, 6.07) is 8.19. The first-order valence-corrected chi connectivity index (χ1v) is 8.22. The van der Waals surface area contributed by atoms with E-state index in [-0.39, 0.29) is 6.10 Å². The molecule has 0 N–H and O–H groups in total. The molecular weight excluding hydrogens is 304 g/mol. The fourth-order valence-electron chi connectivity index (χ4n) is 2.72. The second kappa shape index (κ2) is 7.30. The summed E-state index contributed by atoms with van der Waals surface area (Å²) in [5.74, 6) is 1.57. The van der Waals surface area contributed by atoms with Gasteiger partial charge in [-0.2, -0.15) is 0 Å². The zero-order valence-electron chi connectivity index (χ0n) is 11.8. The normalized spacial score (nSPS) is 25.0. The van der Waals surface area contributed by atoms with Gasteiger partial charge in [-0.1, -0.05) is 47.8 Å². The summed E-state index contributed by atoms with van der Waals surface area (Å²) in [5.41, 5.74) is 1.22. The lowest BCUT2D eigenvalue weighted by atomic mass is 9.88. The third-order valence-electron chi connectivity index (χ3n) is 4.00. The van der Waals surface area contributed by atoms with E-state index in [1.807, 2.05) is 12.1 Å². The third kappa shape index (κ3) is 3.96. The van der Waals surface area contributed by atoms with Crippen LogP contribution in [0.15, 0.2) is 24.3 Å². The number of rotatable bonds is 5. The zero-order valence-corrected chi connectivity index (χ0v) is 13.4. The predicted octanol–water partition coefficient (Wildman–Crippen LogP) is 4.73. The van der Waals surface area contributed by atoms with Crippen LogP contribution in [-0.2, 0) is 4.74 Å². The van der Waals surface area contributed by atoms with E-state index in [1.165, 1.54) is 31.2 Å². The number of alkyl halides is 1. The number of ether oxygens (including phenoxy) is 2. The lowest BCUT2D eigenvalue weighted by molar-refractivity contribution is -0.0468. The summed E-state index contributed by atoms with van der Waals surface area (Å²) in [6.45, 7) is 2.31. The van der Waals surface area contributed by atoms with E-state index >= 15 is 0 Å². The molecule has 3 heteroatoms. The van der Waals surface area contributed by atoms with Gasteiger partial charge in [0.25, 0.3) is 0 Å². The Labute approximate surface area is 124 Å². The van der Waals surface area contributed by atoms with Crippen LogP contribution in [0.2, 0.25) is 0 Å². The van der Waals surface area contributed by atoms with Crippen molar-refractivity contribution in [2.45, 2.75) is 44.8 Å². The standard InChI is InChI=1S/C16H23BrO2/c1-12-5-3-4-6-15(12)19-16(11-17)13-7-9-14(18-2)10-8-13/h7-10,12,15-16H,3-6,11H2,1-2H3. The van der Waals surface area contributed by atoms with Crippen LogP contribution in [0.3, 0.4) is 0 Å². The first-order chi connectivity index (χ1) is 9.24. The maximum Gasteiger partial charge on any atom is 0.118 e. The van der Waals surface area contributed by atoms with Gasteiger partial charge in [-0.15, -0.1) is 0 Å². The molecule has 0 radical (unpaired) electrons. The zero-order chi connectivity index (χ0) is 13.7. The Hall–Kier alpha value is -0.540. The van der Waals surface area contributed by atoms with Crippen LogP contribution in [0.5, 0.6) is 5.75 Å². The highest BCUT2D eigenvalue weighted by Gasteiger charge is 2.25. The van der Waals surface area contributed by atoms with Gasteiger partial charge in [0.1, 0.15) is 5.75 Å². The van der Waals surface area contributed by atoms with Crippen molar-refractivity contribution in [2.24, 2.45) is 5.92 Å². The molecule has 19 heavy (non-hydrogen) atoms. The number of hydrogen-bond acceptors (Lipinski definition) is 2. The van der Waals surface area contributed by atoms with Crippen molar-refractivity contribution < 1.29 is 9.47 Å². The molecule has 0 amide bonds. The van der Waals surface area contributed by atoms with Gasteiger partial charge in [-0.25, -0.2) is 0 Å². The summed E-state index contributed by atoms with van der Waals surface area (Å²) >= 11 is 3.58. The minimum absolute atomic E-state index is 0.136. The molecule has 0 aliphatic heterocycles. The minimum Gasteiger partial charge on any atom is -0.497 e. The quantitative estimate of drug-likeness (QED) is 0.728. The maximum atomic E-state index is 6.32. The summed E-state index contributed by atoms with van der Waals surface area (Å²) < 4.78 is 11.5. The molecule has 2 rings (SSSR count). The molecule has 106 valence electrons. The lowest BCUT2D eigenvalue weighted by Crippen LogP contribution is -2.27. The highest BCUT2D eigenvalue weighted by molar-refractivity contribution is 9.09. The van der Waals surface area contributed by atoms with Crippen molar-refractivity contribution in [3.63, 3.8) is 0 Å². The molecule has 1 aromatic rings. The second-order valence-corrected chi connectivity index (χ2v) is 6.00. The fraction of sp³-hybridized carbons (Fsp3) is 0.625. The van der Waals surface area contributed by atoms with Gasteiger partial charge < -0.3 is 9.47 Å². The molecule has 2 nitrogen and oxygen atoms in total. The molecule has 0 aromatic heterocycles. The monoisotopic (exact) mass is 326 g/mol. The average molecular weight is 327 g/mol. The van der Waals surface area contributed by atoms with Crippen molar-refractivity contribution in [2.75, 3.05) is 12.4 Å². The van der Waals surface area contributed by atoms with Crippen LogP contribution in [0.4, 0.5) is 0 Å². The van der Waals surface area contributed by atoms with E-state index in [1.54, 1.807) is 7.11 Å². The molecule has 0 bridgehead atoms. The number of hydrogen-bond donors (Lipinski definition) is 0. The highest BCUT2D eigenvalue weighted by Crippen LogP contribution is 2.32. The van der Waals surface area contributed by atoms with Gasteiger partial charge in [0.15, 0.2) is 0 Å². The predicted molar refractivity (Wildman–Crippen MR) is 82.0 cm³/mol. The van der Waals surface area contributed by atoms with Gasteiger partial charge >= 0.3 is 0 Å². The Kier molecular flexibility index (Phi) is 5.71. The lowest BCUT2D eigenvalue weighted by Gasteiger charge is -2.32. The summed E-state index contributed by atoms with van der Waals surface area (Å²) in [6.07, 6.45) is 5.67. The van der Waals surface area contributed by atoms with Crippen LogP contribution >= 0.6 is 15.9 Å². The van der Waals surface area contributed by atoms with E-state index in [0.29, 0.717) is 12.0 Å². The van der Waals surface area contributed by atoms with E-state index in [9.17, 15) is 0 Å². The van der Waals surface area contributed by atoms with Crippen molar-refractivity contribution in [3.05, 3.63) is 29.8 Å². The van der Waals surface area contributed by atoms with Crippen molar-refractivity contribution in [1.29, 1.82) is 0 Å². The van der Waals surface area contributed by atoms with E-state index in [2.05, 4.69) is 35.0 Å². The van der Waals surface area contributed by atoms with Gasteiger partial charge in [-0.05, 0) is 36.5 Å². The van der Waals surface area contributed by atoms with E-state index in [4.69, 9.17) is 9.47 Å². The Morgan fingerprint density at radius 1 is 1.21 bits per heavy atom. The van der Waals surface area contributed by atoms with Crippen LogP contribution in [0.1, 0.15) is 44.3 Å². The Morgan fingerprint density at radius 3 is 2.47 bits per heavy atom. The molecule has 1 saturated carbocycles. The molecular formula is C16H23BrO2. The van der Waals surface area contributed by atoms with Gasteiger partial charge in [-0.3, -0.25) is 0 Å². The van der Waals surface area contributed by atoms with Gasteiger partial charge in [0, 0.05) is 5.33 Å². The topological polar surface area (TPSA) is 18.5 Å². The van der Waals surface area contributed by atoms with Gasteiger partial charge in [0.2, 0.25) is 0 Å². The maximum absolute atomic E-state index is 6.32. The summed E-state index contributed by atoms with van der Waals surface area (Å²) in [5, 5.41) is 0.836.